The fraction of sp³-hybridized carbons (Fsp3) is 0.455. The van der Waals surface area contributed by atoms with Gasteiger partial charge in [0.15, 0.2) is 0 Å². The summed E-state index contributed by atoms with van der Waals surface area (Å²) in [5.74, 6) is 6.75. The first-order valence-electron chi connectivity index (χ1n) is 4.03. The molecule has 0 heteroatoms. The van der Waals surface area contributed by atoms with Gasteiger partial charge in [-0.05, 0) is 20.8 Å². The van der Waals surface area contributed by atoms with Crippen LogP contribution in [0.3, 0.4) is 0 Å². The van der Waals surface area contributed by atoms with Crippen LogP contribution in [0.2, 0.25) is 0 Å². The number of rotatable bonds is 0. The molecule has 0 fully saturated rings. The summed E-state index contributed by atoms with van der Waals surface area (Å²) >= 11 is 0. The Hall–Kier alpha value is -0.960. The Morgan fingerprint density at radius 2 is 2.18 bits per heavy atom. The molecular formula is C11H14. The maximum absolute atomic E-state index is 3.19. The molecule has 1 aliphatic carbocycles. The van der Waals surface area contributed by atoms with Gasteiger partial charge in [-0.3, -0.25) is 0 Å². The highest BCUT2D eigenvalue weighted by atomic mass is 14.0. The highest BCUT2D eigenvalue weighted by molar-refractivity contribution is 5.29. The van der Waals surface area contributed by atoms with Gasteiger partial charge in [-0.2, -0.15) is 0 Å². The van der Waals surface area contributed by atoms with Crippen LogP contribution in [0.25, 0.3) is 0 Å². The van der Waals surface area contributed by atoms with Crippen LogP contribution in [0.5, 0.6) is 0 Å². The molecule has 0 heterocycles. The van der Waals surface area contributed by atoms with Crippen molar-refractivity contribution in [2.45, 2.75) is 27.2 Å². The molecule has 0 aromatic carbocycles. The molecule has 1 rings (SSSR count). The third-order valence-corrected chi connectivity index (χ3v) is 1.98. The van der Waals surface area contributed by atoms with Crippen LogP contribution in [-0.4, -0.2) is 0 Å². The molecule has 0 saturated heterocycles. The van der Waals surface area contributed by atoms with E-state index < -0.39 is 0 Å². The van der Waals surface area contributed by atoms with E-state index in [4.69, 9.17) is 0 Å². The van der Waals surface area contributed by atoms with Crippen molar-refractivity contribution in [2.24, 2.45) is 5.92 Å². The van der Waals surface area contributed by atoms with E-state index in [0.29, 0.717) is 5.92 Å². The average Bonchev–Trinajstić information content (AvgIpc) is 1.95. The van der Waals surface area contributed by atoms with Crippen molar-refractivity contribution in [3.8, 4) is 11.8 Å². The van der Waals surface area contributed by atoms with Crippen LogP contribution in [0.1, 0.15) is 27.2 Å². The van der Waals surface area contributed by atoms with Crippen LogP contribution in [0, 0.1) is 17.8 Å². The molecule has 58 valence electrons. The Morgan fingerprint density at radius 3 is 2.91 bits per heavy atom. The van der Waals surface area contributed by atoms with Crippen LogP contribution in [-0.2, 0) is 0 Å². The summed E-state index contributed by atoms with van der Waals surface area (Å²) in [6.45, 7) is 6.42. The first-order chi connectivity index (χ1) is 5.20. The van der Waals surface area contributed by atoms with Gasteiger partial charge < -0.3 is 0 Å². The number of hydrogen-bond acceptors (Lipinski definition) is 0. The van der Waals surface area contributed by atoms with E-state index in [2.05, 4.69) is 44.8 Å². The van der Waals surface area contributed by atoms with Crippen LogP contribution >= 0.6 is 0 Å². The largest absolute Gasteiger partial charge is 0.0985 e. The van der Waals surface area contributed by atoms with Crippen molar-refractivity contribution < 1.29 is 0 Å². The van der Waals surface area contributed by atoms with E-state index in [0.717, 1.165) is 6.42 Å². The zero-order valence-electron chi connectivity index (χ0n) is 7.44. The summed E-state index contributed by atoms with van der Waals surface area (Å²) in [6, 6.07) is 0. The Balaban J connectivity index is 2.93. The Labute approximate surface area is 69.0 Å². The number of hydrogen-bond donors (Lipinski definition) is 0. The lowest BCUT2D eigenvalue weighted by Gasteiger charge is -2.06. The molecule has 0 aliphatic heterocycles. The summed E-state index contributed by atoms with van der Waals surface area (Å²) in [4.78, 5) is 0. The van der Waals surface area contributed by atoms with E-state index in [1.165, 1.54) is 11.1 Å². The van der Waals surface area contributed by atoms with Crippen molar-refractivity contribution in [3.63, 3.8) is 0 Å². The molecule has 11 heavy (non-hydrogen) atoms. The molecule has 1 aliphatic rings. The summed E-state index contributed by atoms with van der Waals surface area (Å²) in [5, 5.41) is 0. The first-order valence-corrected chi connectivity index (χ1v) is 4.03. The lowest BCUT2D eigenvalue weighted by Crippen LogP contribution is -1.93. The molecule has 0 nitrogen and oxygen atoms in total. The molecule has 0 aromatic heterocycles. The minimum atomic E-state index is 0.429. The Morgan fingerprint density at radius 1 is 1.45 bits per heavy atom. The lowest BCUT2D eigenvalue weighted by atomic mass is 9.99. The van der Waals surface area contributed by atoms with E-state index in [1.807, 2.05) is 0 Å². The van der Waals surface area contributed by atoms with Gasteiger partial charge >= 0.3 is 0 Å². The Kier molecular flexibility index (Phi) is 2.54. The molecule has 1 atom stereocenters. The highest BCUT2D eigenvalue weighted by Crippen LogP contribution is 2.13. The topological polar surface area (TPSA) is 0 Å². The summed E-state index contributed by atoms with van der Waals surface area (Å²) in [5.41, 5.74) is 2.70. The Bertz CT molecular complexity index is 255. The van der Waals surface area contributed by atoms with Gasteiger partial charge in [0.1, 0.15) is 0 Å². The second-order valence-corrected chi connectivity index (χ2v) is 3.08. The summed E-state index contributed by atoms with van der Waals surface area (Å²) in [6.07, 6.45) is 5.29. The third-order valence-electron chi connectivity index (χ3n) is 1.98. The molecule has 0 amide bonds. The van der Waals surface area contributed by atoms with Crippen molar-refractivity contribution in [1.82, 2.24) is 0 Å². The standard InChI is InChI=1S/C11H14/c1-9-6-4-5-7-10(2)11(3)8-9/h6,8,10H,4H2,1-3H3/b9-6-,11-8-. The lowest BCUT2D eigenvalue weighted by molar-refractivity contribution is 0.890. The minimum Gasteiger partial charge on any atom is -0.0985 e. The molecule has 0 N–H and O–H groups in total. The zero-order valence-corrected chi connectivity index (χ0v) is 7.44. The van der Waals surface area contributed by atoms with E-state index >= 15 is 0 Å². The van der Waals surface area contributed by atoms with E-state index in [-0.39, 0.29) is 0 Å². The maximum atomic E-state index is 3.19. The quantitative estimate of drug-likeness (QED) is 0.461. The maximum Gasteiger partial charge on any atom is 0.0384 e. The van der Waals surface area contributed by atoms with Crippen LogP contribution in [0.15, 0.2) is 23.3 Å². The predicted octanol–water partition coefficient (Wildman–Crippen LogP) is 2.92. The third kappa shape index (κ3) is 2.27. The second-order valence-electron chi connectivity index (χ2n) is 3.08. The average molecular weight is 146 g/mol. The monoisotopic (exact) mass is 146 g/mol. The van der Waals surface area contributed by atoms with Gasteiger partial charge in [0.25, 0.3) is 0 Å². The van der Waals surface area contributed by atoms with Crippen LogP contribution < -0.4 is 0 Å². The number of allylic oxidation sites excluding steroid dienone is 4. The predicted molar refractivity (Wildman–Crippen MR) is 49.1 cm³/mol. The molecule has 0 saturated carbocycles. The first kappa shape index (κ1) is 8.14. The minimum absolute atomic E-state index is 0.429. The van der Waals surface area contributed by atoms with Crippen LogP contribution in [0.4, 0.5) is 0 Å². The SMILES string of the molecule is CC1=C/CC#CC(C)/C(C)=C\1. The summed E-state index contributed by atoms with van der Waals surface area (Å²) in [7, 11) is 0. The van der Waals surface area contributed by atoms with Crippen molar-refractivity contribution >= 4 is 0 Å². The van der Waals surface area contributed by atoms with Gasteiger partial charge in [0.2, 0.25) is 0 Å². The van der Waals surface area contributed by atoms with Crippen molar-refractivity contribution in [3.05, 3.63) is 23.3 Å². The van der Waals surface area contributed by atoms with E-state index in [9.17, 15) is 0 Å². The molecule has 0 spiro atoms. The van der Waals surface area contributed by atoms with Gasteiger partial charge in [0.05, 0.1) is 0 Å². The fourth-order valence-electron chi connectivity index (χ4n) is 1.08. The summed E-state index contributed by atoms with van der Waals surface area (Å²) < 4.78 is 0. The van der Waals surface area contributed by atoms with Crippen molar-refractivity contribution in [1.29, 1.82) is 0 Å². The van der Waals surface area contributed by atoms with Crippen molar-refractivity contribution in [2.75, 3.05) is 0 Å². The fourth-order valence-corrected chi connectivity index (χ4v) is 1.08. The molecule has 0 radical (unpaired) electrons. The zero-order chi connectivity index (χ0) is 8.27. The molecular weight excluding hydrogens is 132 g/mol. The van der Waals surface area contributed by atoms with Gasteiger partial charge in [-0.15, -0.1) is 0 Å². The smallest absolute Gasteiger partial charge is 0.0384 e. The molecule has 0 bridgehead atoms. The second kappa shape index (κ2) is 3.44. The van der Waals surface area contributed by atoms with Gasteiger partial charge in [0, 0.05) is 12.3 Å². The van der Waals surface area contributed by atoms with E-state index in [1.54, 1.807) is 0 Å². The highest BCUT2D eigenvalue weighted by Gasteiger charge is 2.00. The van der Waals surface area contributed by atoms with Gasteiger partial charge in [-0.1, -0.05) is 35.1 Å². The molecule has 0 aromatic rings. The van der Waals surface area contributed by atoms with Gasteiger partial charge in [-0.25, -0.2) is 0 Å². The molecule has 1 unspecified atom stereocenters. The normalized spacial score (nSPS) is 33.2.